The molecule has 1 aliphatic carbocycles. The van der Waals surface area contributed by atoms with Crippen molar-refractivity contribution in [2.24, 2.45) is 5.92 Å². The molecule has 0 aromatic heterocycles. The van der Waals surface area contributed by atoms with Crippen molar-refractivity contribution >= 4 is 0 Å². The second-order valence-corrected chi connectivity index (χ2v) is 6.27. The maximum absolute atomic E-state index is 5.96. The Hall–Kier alpha value is -1.06. The number of benzene rings is 1. The lowest BCUT2D eigenvalue weighted by molar-refractivity contribution is 0.0536. The summed E-state index contributed by atoms with van der Waals surface area (Å²) in [5.41, 5.74) is 1.37. The Morgan fingerprint density at radius 1 is 1.24 bits per heavy atom. The van der Waals surface area contributed by atoms with Gasteiger partial charge in [-0.1, -0.05) is 19.1 Å². The summed E-state index contributed by atoms with van der Waals surface area (Å²) in [5.74, 6) is 1.70. The highest BCUT2D eigenvalue weighted by Gasteiger charge is 2.26. The molecule has 1 aliphatic heterocycles. The van der Waals surface area contributed by atoms with Gasteiger partial charge in [-0.05, 0) is 62.3 Å². The summed E-state index contributed by atoms with van der Waals surface area (Å²) in [6, 6.07) is 9.12. The van der Waals surface area contributed by atoms with Crippen LogP contribution < -0.4 is 10.1 Å². The van der Waals surface area contributed by atoms with Crippen LogP contribution in [-0.2, 0) is 4.74 Å². The molecule has 3 rings (SSSR count). The second-order valence-electron chi connectivity index (χ2n) is 6.27. The summed E-state index contributed by atoms with van der Waals surface area (Å²) in [7, 11) is 0. The largest absolute Gasteiger partial charge is 0.490 e. The molecule has 1 aromatic carbocycles. The van der Waals surface area contributed by atoms with Gasteiger partial charge in [-0.15, -0.1) is 0 Å². The molecule has 1 saturated heterocycles. The maximum Gasteiger partial charge on any atom is 0.120 e. The van der Waals surface area contributed by atoms with Crippen LogP contribution in [0, 0.1) is 5.92 Å². The molecular weight excluding hydrogens is 262 g/mol. The summed E-state index contributed by atoms with van der Waals surface area (Å²) in [6.45, 7) is 5.08. The third-order valence-corrected chi connectivity index (χ3v) is 4.40. The Labute approximate surface area is 128 Å². The molecule has 2 aliphatic rings. The first-order chi connectivity index (χ1) is 10.4. The summed E-state index contributed by atoms with van der Waals surface area (Å²) < 4.78 is 11.5. The van der Waals surface area contributed by atoms with Gasteiger partial charge in [-0.3, -0.25) is 0 Å². The van der Waals surface area contributed by atoms with E-state index < -0.39 is 0 Å². The average molecular weight is 289 g/mol. The normalized spacial score (nSPS) is 21.2. The Balaban J connectivity index is 1.73. The molecule has 0 bridgehead atoms. The molecule has 116 valence electrons. The van der Waals surface area contributed by atoms with Crippen molar-refractivity contribution in [1.82, 2.24) is 5.32 Å². The zero-order valence-corrected chi connectivity index (χ0v) is 13.0. The molecule has 1 heterocycles. The van der Waals surface area contributed by atoms with Gasteiger partial charge in [0, 0.05) is 19.3 Å². The minimum absolute atomic E-state index is 0.427. The number of nitrogens with one attached hydrogen (secondary N) is 1. The molecule has 1 unspecified atom stereocenters. The molecule has 3 nitrogen and oxygen atoms in total. The third-order valence-electron chi connectivity index (χ3n) is 4.40. The quantitative estimate of drug-likeness (QED) is 0.830. The molecule has 0 spiro atoms. The van der Waals surface area contributed by atoms with Gasteiger partial charge in [0.2, 0.25) is 0 Å². The minimum Gasteiger partial charge on any atom is -0.490 e. The molecule has 2 fully saturated rings. The first kappa shape index (κ1) is 14.9. The average Bonchev–Trinajstić information content (AvgIpc) is 3.33. The lowest BCUT2D eigenvalue weighted by Gasteiger charge is -2.31. The van der Waals surface area contributed by atoms with Crippen LogP contribution in [0.4, 0.5) is 0 Å². The highest BCUT2D eigenvalue weighted by Crippen LogP contribution is 2.33. The highest BCUT2D eigenvalue weighted by molar-refractivity contribution is 5.31. The highest BCUT2D eigenvalue weighted by atomic mass is 16.5. The molecule has 0 amide bonds. The predicted molar refractivity (Wildman–Crippen MR) is 84.7 cm³/mol. The van der Waals surface area contributed by atoms with Crippen LogP contribution in [0.2, 0.25) is 0 Å². The predicted octanol–water partition coefficient (Wildman–Crippen LogP) is 3.70. The van der Waals surface area contributed by atoms with Crippen molar-refractivity contribution in [2.45, 2.75) is 51.2 Å². The van der Waals surface area contributed by atoms with Crippen molar-refractivity contribution in [2.75, 3.05) is 19.8 Å². The van der Waals surface area contributed by atoms with E-state index in [-0.39, 0.29) is 0 Å². The molecule has 1 atom stereocenters. The van der Waals surface area contributed by atoms with Crippen LogP contribution in [0.5, 0.6) is 5.75 Å². The van der Waals surface area contributed by atoms with Gasteiger partial charge in [-0.2, -0.15) is 0 Å². The number of hydrogen-bond donors (Lipinski definition) is 1. The van der Waals surface area contributed by atoms with E-state index in [2.05, 4.69) is 36.5 Å². The third kappa shape index (κ3) is 4.21. The van der Waals surface area contributed by atoms with Gasteiger partial charge in [0.05, 0.1) is 6.10 Å². The lowest BCUT2D eigenvalue weighted by atomic mass is 9.87. The zero-order chi connectivity index (χ0) is 14.5. The first-order valence-corrected chi connectivity index (χ1v) is 8.44. The van der Waals surface area contributed by atoms with Crippen LogP contribution in [0.1, 0.15) is 50.6 Å². The first-order valence-electron chi connectivity index (χ1n) is 8.44. The monoisotopic (exact) mass is 289 g/mol. The summed E-state index contributed by atoms with van der Waals surface area (Å²) in [5, 5.41) is 3.74. The summed E-state index contributed by atoms with van der Waals surface area (Å²) in [4.78, 5) is 0. The Morgan fingerprint density at radius 2 is 2.05 bits per heavy atom. The summed E-state index contributed by atoms with van der Waals surface area (Å²) >= 11 is 0. The van der Waals surface area contributed by atoms with Crippen molar-refractivity contribution < 1.29 is 9.47 Å². The number of ether oxygens (including phenoxy) is 2. The van der Waals surface area contributed by atoms with E-state index in [9.17, 15) is 0 Å². The van der Waals surface area contributed by atoms with Crippen LogP contribution in [0.25, 0.3) is 0 Å². The molecule has 21 heavy (non-hydrogen) atoms. The van der Waals surface area contributed by atoms with Gasteiger partial charge in [-0.25, -0.2) is 0 Å². The van der Waals surface area contributed by atoms with E-state index in [0.717, 1.165) is 44.8 Å². The van der Waals surface area contributed by atoms with E-state index in [1.165, 1.54) is 18.4 Å². The molecule has 1 saturated carbocycles. The Kier molecular flexibility index (Phi) is 5.15. The van der Waals surface area contributed by atoms with E-state index >= 15 is 0 Å². The zero-order valence-electron chi connectivity index (χ0n) is 13.0. The second kappa shape index (κ2) is 7.28. The molecule has 1 N–H and O–H groups in total. The lowest BCUT2D eigenvalue weighted by Crippen LogP contribution is -2.32. The van der Waals surface area contributed by atoms with E-state index in [0.29, 0.717) is 18.1 Å². The Morgan fingerprint density at radius 3 is 2.76 bits per heavy atom. The number of hydrogen-bond acceptors (Lipinski definition) is 3. The van der Waals surface area contributed by atoms with Gasteiger partial charge in [0.15, 0.2) is 0 Å². The minimum atomic E-state index is 0.427. The standard InChI is InChI=1S/C18H27NO2/c1-2-10-19-18(14-8-11-20-12-9-14)15-4-3-5-17(13-15)21-16-6-7-16/h3-5,13-14,16,18-19H,2,6-12H2,1H3. The van der Waals surface area contributed by atoms with Crippen molar-refractivity contribution in [3.63, 3.8) is 0 Å². The number of rotatable bonds is 7. The fraction of sp³-hybridized carbons (Fsp3) is 0.667. The Bertz CT molecular complexity index is 439. The van der Waals surface area contributed by atoms with Gasteiger partial charge in [0.1, 0.15) is 5.75 Å². The molecular formula is C18H27NO2. The van der Waals surface area contributed by atoms with Crippen LogP contribution >= 0.6 is 0 Å². The SMILES string of the molecule is CCCNC(c1cccc(OC2CC2)c1)C1CCOCC1. The van der Waals surface area contributed by atoms with Gasteiger partial charge in [0.25, 0.3) is 0 Å². The van der Waals surface area contributed by atoms with Crippen LogP contribution in [-0.4, -0.2) is 25.9 Å². The molecule has 0 radical (unpaired) electrons. The van der Waals surface area contributed by atoms with Gasteiger partial charge >= 0.3 is 0 Å². The van der Waals surface area contributed by atoms with E-state index in [1.54, 1.807) is 0 Å². The molecule has 1 aromatic rings. The van der Waals surface area contributed by atoms with Crippen LogP contribution in [0.15, 0.2) is 24.3 Å². The fourth-order valence-corrected chi connectivity index (χ4v) is 3.07. The molecule has 3 heteroatoms. The van der Waals surface area contributed by atoms with Crippen molar-refractivity contribution in [3.8, 4) is 5.75 Å². The summed E-state index contributed by atoms with van der Waals surface area (Å²) in [6.07, 6.45) is 6.34. The topological polar surface area (TPSA) is 30.5 Å². The fourth-order valence-electron chi connectivity index (χ4n) is 3.07. The van der Waals surface area contributed by atoms with Crippen molar-refractivity contribution in [1.29, 1.82) is 0 Å². The maximum atomic E-state index is 5.96. The van der Waals surface area contributed by atoms with Crippen molar-refractivity contribution in [3.05, 3.63) is 29.8 Å². The van der Waals surface area contributed by atoms with E-state index in [1.807, 2.05) is 0 Å². The van der Waals surface area contributed by atoms with E-state index in [4.69, 9.17) is 9.47 Å². The van der Waals surface area contributed by atoms with Gasteiger partial charge < -0.3 is 14.8 Å². The van der Waals surface area contributed by atoms with Crippen LogP contribution in [0.3, 0.4) is 0 Å². The smallest absolute Gasteiger partial charge is 0.120 e.